The maximum atomic E-state index is 15.2. The second-order valence-corrected chi connectivity index (χ2v) is 8.25. The minimum absolute atomic E-state index is 0.0929. The molecule has 0 radical (unpaired) electrons. The van der Waals surface area contributed by atoms with E-state index in [0.29, 0.717) is 6.29 Å². The van der Waals surface area contributed by atoms with E-state index in [0.717, 1.165) is 0 Å². The third-order valence-corrected chi connectivity index (χ3v) is 5.41. The van der Waals surface area contributed by atoms with Crippen LogP contribution in [0.2, 0.25) is 0 Å². The summed E-state index contributed by atoms with van der Waals surface area (Å²) in [5.74, 6) is 4.40. The molecule has 2 amide bonds. The summed E-state index contributed by atoms with van der Waals surface area (Å²) in [5.41, 5.74) is -2.51. The predicted octanol–water partition coefficient (Wildman–Crippen LogP) is 1.34. The van der Waals surface area contributed by atoms with Gasteiger partial charge in [-0.05, 0) is 39.8 Å². The van der Waals surface area contributed by atoms with Crippen LogP contribution in [0.4, 0.5) is 4.39 Å². The van der Waals surface area contributed by atoms with Crippen LogP contribution in [0.25, 0.3) is 0 Å². The van der Waals surface area contributed by atoms with Crippen LogP contribution in [0.3, 0.4) is 0 Å². The van der Waals surface area contributed by atoms with E-state index in [1.54, 1.807) is 0 Å². The van der Waals surface area contributed by atoms with Crippen LogP contribution in [0, 0.1) is 17.8 Å². The number of piperidine rings is 1. The van der Waals surface area contributed by atoms with Gasteiger partial charge in [0.15, 0.2) is 5.67 Å². The summed E-state index contributed by atoms with van der Waals surface area (Å²) in [6, 6.07) is -0.663. The van der Waals surface area contributed by atoms with Crippen LogP contribution in [0.1, 0.15) is 40.5 Å². The van der Waals surface area contributed by atoms with Gasteiger partial charge in [-0.3, -0.25) is 14.5 Å². The van der Waals surface area contributed by atoms with Crippen molar-refractivity contribution in [2.24, 2.45) is 5.92 Å². The Morgan fingerprint density at radius 2 is 1.70 bits per heavy atom. The highest BCUT2D eigenvalue weighted by atomic mass is 19.1. The maximum Gasteiger partial charge on any atom is 0.298 e. The van der Waals surface area contributed by atoms with Crippen molar-refractivity contribution in [2.45, 2.75) is 57.8 Å². The molecule has 0 aromatic carbocycles. The van der Waals surface area contributed by atoms with Gasteiger partial charge in [-0.1, -0.05) is 19.8 Å². The largest absolute Gasteiger partial charge is 0.333 e. The number of rotatable bonds is 5. The first-order valence-corrected chi connectivity index (χ1v) is 9.26. The fraction of sp³-hybridized carbons (Fsp3) is 0.750. The number of amides is 2. The minimum Gasteiger partial charge on any atom is -0.333 e. The molecular weight excluding hydrogens is 349 g/mol. The second-order valence-electron chi connectivity index (χ2n) is 8.25. The number of likely N-dealkylation sites (tertiary alicyclic amines) is 1. The molecule has 1 saturated heterocycles. The zero-order valence-corrected chi connectivity index (χ0v) is 17.5. The third-order valence-electron chi connectivity index (χ3n) is 5.41. The number of aldehydes is 1. The highest BCUT2D eigenvalue weighted by Gasteiger charge is 2.45. The summed E-state index contributed by atoms with van der Waals surface area (Å²) < 4.78 is 15.2. The Balaban J connectivity index is 2.77. The van der Waals surface area contributed by atoms with Gasteiger partial charge in [0.2, 0.25) is 0 Å². The average Bonchev–Trinajstić information content (AvgIpc) is 2.59. The van der Waals surface area contributed by atoms with Gasteiger partial charge in [-0.25, -0.2) is 4.39 Å². The summed E-state index contributed by atoms with van der Waals surface area (Å²) in [7, 11) is 5.21. The molecule has 0 saturated carbocycles. The lowest BCUT2D eigenvalue weighted by molar-refractivity contribution is -0.152. The Hall–Kier alpha value is -1.94. The van der Waals surface area contributed by atoms with E-state index < -0.39 is 23.2 Å². The monoisotopic (exact) mass is 381 g/mol. The van der Waals surface area contributed by atoms with Gasteiger partial charge in [0, 0.05) is 33.0 Å². The Bertz CT molecular complexity index is 626. The highest BCUT2D eigenvalue weighted by molar-refractivity contribution is 5.94. The number of carbonyl (C=O) groups is 3. The number of hydrogen-bond donors (Lipinski definition) is 0. The lowest BCUT2D eigenvalue weighted by Crippen LogP contribution is -2.55. The fourth-order valence-corrected chi connectivity index (χ4v) is 2.82. The average molecular weight is 381 g/mol. The molecule has 0 bridgehead atoms. The molecule has 27 heavy (non-hydrogen) atoms. The second kappa shape index (κ2) is 8.83. The van der Waals surface area contributed by atoms with E-state index >= 15 is 4.39 Å². The van der Waals surface area contributed by atoms with Crippen LogP contribution in [0.5, 0.6) is 0 Å². The zero-order chi connectivity index (χ0) is 21.0. The highest BCUT2D eigenvalue weighted by Crippen LogP contribution is 2.29. The Morgan fingerprint density at radius 3 is 2.11 bits per heavy atom. The molecule has 1 rings (SSSR count). The van der Waals surface area contributed by atoms with Crippen molar-refractivity contribution in [2.75, 3.05) is 34.2 Å². The molecule has 1 heterocycles. The van der Waals surface area contributed by atoms with Crippen LogP contribution in [0.15, 0.2) is 0 Å². The summed E-state index contributed by atoms with van der Waals surface area (Å²) in [6.45, 7) is 7.68. The van der Waals surface area contributed by atoms with Gasteiger partial charge < -0.3 is 14.6 Å². The Kier molecular flexibility index (Phi) is 7.56. The van der Waals surface area contributed by atoms with E-state index in [1.165, 1.54) is 16.8 Å². The molecule has 1 unspecified atom stereocenters. The van der Waals surface area contributed by atoms with Crippen molar-refractivity contribution in [3.63, 3.8) is 0 Å². The normalized spacial score (nSPS) is 17.9. The van der Waals surface area contributed by atoms with Crippen molar-refractivity contribution in [1.82, 2.24) is 14.7 Å². The van der Waals surface area contributed by atoms with Gasteiger partial charge in [-0.2, -0.15) is 0 Å². The van der Waals surface area contributed by atoms with Gasteiger partial charge in [0.05, 0.1) is 11.6 Å². The molecule has 1 aliphatic heterocycles. The molecule has 1 aliphatic rings. The van der Waals surface area contributed by atoms with Crippen molar-refractivity contribution >= 4 is 18.1 Å². The number of halogens is 1. The first-order valence-electron chi connectivity index (χ1n) is 9.26. The standard InChI is InChI=1S/C20H32FN3O3/c1-15(2)16(14-25)23(7)18(27)20(21)10-12-24(13-11-20)17(26)8-9-19(3,4)22(5)6/h14-16H,10-13H2,1-7H3. The van der Waals surface area contributed by atoms with E-state index in [9.17, 15) is 14.4 Å². The maximum absolute atomic E-state index is 15.2. The van der Waals surface area contributed by atoms with Crippen LogP contribution in [-0.2, 0) is 14.4 Å². The van der Waals surface area contributed by atoms with Crippen molar-refractivity contribution in [3.8, 4) is 11.8 Å². The van der Waals surface area contributed by atoms with Gasteiger partial charge in [0.1, 0.15) is 6.29 Å². The van der Waals surface area contributed by atoms with Gasteiger partial charge in [0.25, 0.3) is 11.8 Å². The first-order chi connectivity index (χ1) is 12.4. The van der Waals surface area contributed by atoms with E-state index in [1.807, 2.05) is 46.7 Å². The predicted molar refractivity (Wildman–Crippen MR) is 103 cm³/mol. The third kappa shape index (κ3) is 5.52. The Morgan fingerprint density at radius 1 is 1.19 bits per heavy atom. The van der Waals surface area contributed by atoms with E-state index in [-0.39, 0.29) is 37.8 Å². The van der Waals surface area contributed by atoms with E-state index in [4.69, 9.17) is 0 Å². The molecule has 0 aromatic heterocycles. The van der Waals surface area contributed by atoms with Crippen LogP contribution >= 0.6 is 0 Å². The molecule has 7 heteroatoms. The molecule has 0 spiro atoms. The first kappa shape index (κ1) is 23.1. The summed E-state index contributed by atoms with van der Waals surface area (Å²) in [4.78, 5) is 40.7. The molecule has 0 aromatic rings. The molecule has 0 N–H and O–H groups in total. The number of carbonyl (C=O) groups excluding carboxylic acids is 3. The molecule has 152 valence electrons. The van der Waals surface area contributed by atoms with Crippen molar-refractivity contribution < 1.29 is 18.8 Å². The summed E-state index contributed by atoms with van der Waals surface area (Å²) >= 11 is 0. The number of likely N-dealkylation sites (N-methyl/N-ethyl adjacent to an activating group) is 1. The molecular formula is C20H32FN3O3. The lowest BCUT2D eigenvalue weighted by Gasteiger charge is -2.38. The smallest absolute Gasteiger partial charge is 0.298 e. The topological polar surface area (TPSA) is 60.9 Å². The summed E-state index contributed by atoms with van der Waals surface area (Å²) in [5, 5.41) is 0. The SMILES string of the molecule is CC(C)C(C=O)N(C)C(=O)C1(F)CCN(C(=O)C#CC(C)(C)N(C)C)CC1. The molecule has 6 nitrogen and oxygen atoms in total. The zero-order valence-electron chi connectivity index (χ0n) is 17.5. The van der Waals surface area contributed by atoms with Crippen molar-refractivity contribution in [3.05, 3.63) is 0 Å². The Labute approximate surface area is 162 Å². The minimum atomic E-state index is -2.06. The lowest BCUT2D eigenvalue weighted by atomic mass is 9.90. The van der Waals surface area contributed by atoms with Crippen LogP contribution < -0.4 is 0 Å². The molecule has 1 atom stereocenters. The van der Waals surface area contributed by atoms with Gasteiger partial charge in [-0.15, -0.1) is 0 Å². The van der Waals surface area contributed by atoms with Crippen molar-refractivity contribution in [1.29, 1.82) is 0 Å². The number of hydrogen-bond acceptors (Lipinski definition) is 4. The number of nitrogens with zero attached hydrogens (tertiary/aromatic N) is 3. The van der Waals surface area contributed by atoms with Crippen LogP contribution in [-0.4, -0.2) is 84.3 Å². The number of alkyl halides is 1. The quantitative estimate of drug-likeness (QED) is 0.533. The van der Waals surface area contributed by atoms with Gasteiger partial charge >= 0.3 is 0 Å². The summed E-state index contributed by atoms with van der Waals surface area (Å²) in [6.07, 6.45) is 0.487. The van der Waals surface area contributed by atoms with E-state index in [2.05, 4.69) is 11.8 Å². The molecule has 0 aliphatic carbocycles. The molecule has 1 fully saturated rings. The fourth-order valence-electron chi connectivity index (χ4n) is 2.82.